The van der Waals surface area contributed by atoms with E-state index in [0.29, 0.717) is 5.01 Å². The molecule has 0 bridgehead atoms. The number of halogens is 3. The Bertz CT molecular complexity index is 607. The van der Waals surface area contributed by atoms with Gasteiger partial charge in [-0.3, -0.25) is 4.79 Å². The number of alkyl halides is 3. The van der Waals surface area contributed by atoms with Gasteiger partial charge in [0.15, 0.2) is 0 Å². The molecule has 0 fully saturated rings. The number of nitrogens with zero attached hydrogens (tertiary/aromatic N) is 1. The normalized spacial score (nSPS) is 11.4. The zero-order valence-corrected chi connectivity index (χ0v) is 10.5. The Morgan fingerprint density at radius 2 is 2.11 bits per heavy atom. The van der Waals surface area contributed by atoms with Crippen LogP contribution in [0.2, 0.25) is 0 Å². The third kappa shape index (κ3) is 3.54. The van der Waals surface area contributed by atoms with Crippen LogP contribution in [-0.2, 0) is 0 Å². The molecule has 100 valence electrons. The molecule has 0 aliphatic rings. The van der Waals surface area contributed by atoms with Crippen LogP contribution in [-0.4, -0.2) is 17.1 Å². The van der Waals surface area contributed by atoms with Gasteiger partial charge in [-0.25, -0.2) is 4.98 Å². The number of thiazole rings is 1. The highest BCUT2D eigenvalue weighted by molar-refractivity contribution is 7.09. The van der Waals surface area contributed by atoms with Crippen molar-refractivity contribution in [3.05, 3.63) is 45.9 Å². The lowest BCUT2D eigenvalue weighted by Crippen LogP contribution is -2.17. The first-order chi connectivity index (χ1) is 8.85. The third-order valence-electron chi connectivity index (χ3n) is 2.18. The summed E-state index contributed by atoms with van der Waals surface area (Å²) in [5.41, 5.74) is 0.318. The second-order valence-electron chi connectivity index (χ2n) is 3.66. The summed E-state index contributed by atoms with van der Waals surface area (Å²) in [5, 5.41) is 2.28. The first-order valence-corrected chi connectivity index (χ1v) is 6.06. The van der Waals surface area contributed by atoms with E-state index in [4.69, 9.17) is 0 Å². The Balaban J connectivity index is 2.26. The van der Waals surface area contributed by atoms with Gasteiger partial charge in [0.1, 0.15) is 11.4 Å². The number of rotatable bonds is 3. The zero-order valence-electron chi connectivity index (χ0n) is 9.69. The number of carbonyl (C=O) groups is 1. The van der Waals surface area contributed by atoms with Crippen molar-refractivity contribution in [3.8, 4) is 5.75 Å². The van der Waals surface area contributed by atoms with Crippen LogP contribution < -0.4 is 4.74 Å². The number of aryl methyl sites for hydroxylation is 1. The van der Waals surface area contributed by atoms with Gasteiger partial charge in [0, 0.05) is 10.9 Å². The van der Waals surface area contributed by atoms with Crippen LogP contribution in [0.5, 0.6) is 5.75 Å². The molecule has 0 radical (unpaired) electrons. The van der Waals surface area contributed by atoms with Gasteiger partial charge in [0.2, 0.25) is 5.78 Å². The number of hydrogen-bond donors (Lipinski definition) is 0. The van der Waals surface area contributed by atoms with Crippen molar-refractivity contribution in [1.29, 1.82) is 0 Å². The average Bonchev–Trinajstić information content (AvgIpc) is 2.73. The SMILES string of the molecule is Cc1nc(C(=O)c2cccc(OC(F)(F)F)c2)cs1. The molecule has 0 amide bonds. The molecule has 0 atom stereocenters. The minimum atomic E-state index is -4.78. The first-order valence-electron chi connectivity index (χ1n) is 5.18. The van der Waals surface area contributed by atoms with Crippen molar-refractivity contribution in [2.24, 2.45) is 0 Å². The van der Waals surface area contributed by atoms with E-state index in [1.807, 2.05) is 0 Å². The number of hydrogen-bond acceptors (Lipinski definition) is 4. The van der Waals surface area contributed by atoms with Crippen LogP contribution in [0.25, 0.3) is 0 Å². The summed E-state index contributed by atoms with van der Waals surface area (Å²) in [6.07, 6.45) is -4.78. The molecule has 19 heavy (non-hydrogen) atoms. The van der Waals surface area contributed by atoms with E-state index in [-0.39, 0.29) is 11.3 Å². The number of benzene rings is 1. The van der Waals surface area contributed by atoms with E-state index in [1.165, 1.54) is 23.5 Å². The lowest BCUT2D eigenvalue weighted by molar-refractivity contribution is -0.274. The number of aromatic nitrogens is 1. The van der Waals surface area contributed by atoms with Crippen LogP contribution in [0, 0.1) is 6.92 Å². The molecule has 0 aliphatic heterocycles. The zero-order chi connectivity index (χ0) is 14.0. The molecule has 0 aliphatic carbocycles. The Morgan fingerprint density at radius 3 is 2.68 bits per heavy atom. The Morgan fingerprint density at radius 1 is 1.37 bits per heavy atom. The molecule has 2 rings (SSSR count). The molecule has 7 heteroatoms. The molecule has 1 aromatic heterocycles. The smallest absolute Gasteiger partial charge is 0.406 e. The summed E-state index contributed by atoms with van der Waals surface area (Å²) in [6.45, 7) is 1.74. The summed E-state index contributed by atoms with van der Waals surface area (Å²) in [7, 11) is 0. The Hall–Kier alpha value is -1.89. The third-order valence-corrected chi connectivity index (χ3v) is 2.95. The summed E-state index contributed by atoms with van der Waals surface area (Å²) in [6, 6.07) is 4.93. The minimum Gasteiger partial charge on any atom is -0.406 e. The number of carbonyl (C=O) groups excluding carboxylic acids is 1. The molecule has 1 aromatic carbocycles. The second-order valence-corrected chi connectivity index (χ2v) is 4.72. The lowest BCUT2D eigenvalue weighted by Gasteiger charge is -2.09. The maximum absolute atomic E-state index is 12.1. The maximum atomic E-state index is 12.1. The number of ether oxygens (including phenoxy) is 1. The summed E-state index contributed by atoms with van der Waals surface area (Å²) in [4.78, 5) is 16.0. The molecule has 0 spiro atoms. The van der Waals surface area contributed by atoms with Gasteiger partial charge in [0.25, 0.3) is 0 Å². The van der Waals surface area contributed by atoms with Crippen molar-refractivity contribution in [2.45, 2.75) is 13.3 Å². The fraction of sp³-hybridized carbons (Fsp3) is 0.167. The van der Waals surface area contributed by atoms with Gasteiger partial charge in [-0.15, -0.1) is 24.5 Å². The fourth-order valence-electron chi connectivity index (χ4n) is 1.45. The van der Waals surface area contributed by atoms with Crippen LogP contribution in [0.1, 0.15) is 21.1 Å². The van der Waals surface area contributed by atoms with Crippen LogP contribution in [0.15, 0.2) is 29.6 Å². The van der Waals surface area contributed by atoms with Crippen LogP contribution in [0.4, 0.5) is 13.2 Å². The van der Waals surface area contributed by atoms with Crippen LogP contribution in [0.3, 0.4) is 0 Å². The van der Waals surface area contributed by atoms with Gasteiger partial charge >= 0.3 is 6.36 Å². The largest absolute Gasteiger partial charge is 0.573 e. The average molecular weight is 287 g/mol. The van der Waals surface area contributed by atoms with E-state index >= 15 is 0 Å². The summed E-state index contributed by atoms with van der Waals surface area (Å²) < 4.78 is 40.0. The minimum absolute atomic E-state index is 0.104. The molecule has 1 heterocycles. The van der Waals surface area contributed by atoms with E-state index < -0.39 is 17.9 Å². The predicted molar refractivity (Wildman–Crippen MR) is 63.4 cm³/mol. The molecular formula is C12H8F3NO2S. The highest BCUT2D eigenvalue weighted by Gasteiger charge is 2.31. The van der Waals surface area contributed by atoms with Gasteiger partial charge < -0.3 is 4.74 Å². The lowest BCUT2D eigenvalue weighted by atomic mass is 10.1. The highest BCUT2D eigenvalue weighted by atomic mass is 32.1. The van der Waals surface area contributed by atoms with Crippen molar-refractivity contribution in [2.75, 3.05) is 0 Å². The maximum Gasteiger partial charge on any atom is 0.573 e. The topological polar surface area (TPSA) is 39.2 Å². The monoisotopic (exact) mass is 287 g/mol. The standard InChI is InChI=1S/C12H8F3NO2S/c1-7-16-10(6-19-7)11(17)8-3-2-4-9(5-8)18-12(13,14)15/h2-6H,1H3. The first kappa shape index (κ1) is 13.5. The molecule has 0 saturated heterocycles. The summed E-state index contributed by atoms with van der Waals surface area (Å²) >= 11 is 1.30. The highest BCUT2D eigenvalue weighted by Crippen LogP contribution is 2.24. The van der Waals surface area contributed by atoms with Gasteiger partial charge in [-0.05, 0) is 19.1 Å². The van der Waals surface area contributed by atoms with E-state index in [2.05, 4.69) is 9.72 Å². The molecule has 0 saturated carbocycles. The molecule has 2 aromatic rings. The molecular weight excluding hydrogens is 279 g/mol. The molecule has 3 nitrogen and oxygen atoms in total. The molecule has 0 N–H and O–H groups in total. The fourth-order valence-corrected chi connectivity index (χ4v) is 2.04. The van der Waals surface area contributed by atoms with E-state index in [0.717, 1.165) is 12.1 Å². The van der Waals surface area contributed by atoms with Crippen molar-refractivity contribution in [1.82, 2.24) is 4.98 Å². The molecule has 0 unspecified atom stereocenters. The van der Waals surface area contributed by atoms with Gasteiger partial charge in [-0.1, -0.05) is 12.1 Å². The van der Waals surface area contributed by atoms with Crippen molar-refractivity contribution < 1.29 is 22.7 Å². The van der Waals surface area contributed by atoms with Gasteiger partial charge in [0.05, 0.1) is 5.01 Å². The van der Waals surface area contributed by atoms with Crippen LogP contribution >= 0.6 is 11.3 Å². The Kier molecular flexibility index (Phi) is 3.57. The van der Waals surface area contributed by atoms with Gasteiger partial charge in [-0.2, -0.15) is 0 Å². The second kappa shape index (κ2) is 5.00. The quantitative estimate of drug-likeness (QED) is 0.810. The van der Waals surface area contributed by atoms with Crippen molar-refractivity contribution in [3.63, 3.8) is 0 Å². The summed E-state index contributed by atoms with van der Waals surface area (Å²) in [5.74, 6) is -0.859. The van der Waals surface area contributed by atoms with E-state index in [1.54, 1.807) is 12.3 Å². The Labute approximate surface area is 110 Å². The predicted octanol–water partition coefficient (Wildman–Crippen LogP) is 3.58. The van der Waals surface area contributed by atoms with Crippen molar-refractivity contribution >= 4 is 17.1 Å². The van der Waals surface area contributed by atoms with E-state index in [9.17, 15) is 18.0 Å². The number of ketones is 1.